The van der Waals surface area contributed by atoms with E-state index < -0.39 is 0 Å². The number of nitrogens with zero attached hydrogens (tertiary/aromatic N) is 4. The molecular weight excluding hydrogens is 254 g/mol. The summed E-state index contributed by atoms with van der Waals surface area (Å²) in [4.78, 5) is 15.5. The highest BCUT2D eigenvalue weighted by Crippen LogP contribution is 2.26. The molecule has 2 atom stereocenters. The predicted octanol–water partition coefficient (Wildman–Crippen LogP) is 2.33. The molecule has 20 heavy (non-hydrogen) atoms. The van der Waals surface area contributed by atoms with Gasteiger partial charge in [-0.05, 0) is 39.5 Å². The van der Waals surface area contributed by atoms with Crippen molar-refractivity contribution in [2.45, 2.75) is 46.6 Å². The zero-order valence-electron chi connectivity index (χ0n) is 12.9. The summed E-state index contributed by atoms with van der Waals surface area (Å²) in [7, 11) is 0. The molecule has 1 aromatic heterocycles. The average molecular weight is 279 g/mol. The zero-order chi connectivity index (χ0) is 14.5. The maximum atomic E-state index is 5.45. The molecule has 6 nitrogen and oxygen atoms in total. The summed E-state index contributed by atoms with van der Waals surface area (Å²) in [5, 5.41) is 3.14. The topological polar surface area (TPSA) is 63.2 Å². The normalized spacial score (nSPS) is 22.7. The minimum absolute atomic E-state index is 0.402. The molecule has 112 valence electrons. The summed E-state index contributed by atoms with van der Waals surface area (Å²) < 4.78 is 5.45. The first-order valence-electron chi connectivity index (χ1n) is 7.53. The molecule has 1 aromatic rings. The Kier molecular flexibility index (Phi) is 4.98. The Morgan fingerprint density at radius 1 is 1.25 bits per heavy atom. The lowest BCUT2D eigenvalue weighted by atomic mass is 9.94. The maximum Gasteiger partial charge on any atom is 0.323 e. The molecule has 1 N–H and O–H groups in total. The first-order chi connectivity index (χ1) is 9.63. The lowest BCUT2D eigenvalue weighted by Crippen LogP contribution is -2.41. The Balaban J connectivity index is 2.24. The molecule has 0 radical (unpaired) electrons. The molecule has 1 aliphatic heterocycles. The fourth-order valence-electron chi connectivity index (χ4n) is 2.61. The minimum Gasteiger partial charge on any atom is -0.464 e. The van der Waals surface area contributed by atoms with Crippen molar-refractivity contribution in [3.05, 3.63) is 0 Å². The second-order valence-corrected chi connectivity index (χ2v) is 5.38. The SMILES string of the molecule is CCNc1nc(OCC)nc(N2CCC(C)CC2C)n1. The van der Waals surface area contributed by atoms with Crippen LogP contribution in [0.15, 0.2) is 0 Å². The van der Waals surface area contributed by atoms with Gasteiger partial charge in [0.05, 0.1) is 6.61 Å². The van der Waals surface area contributed by atoms with E-state index in [-0.39, 0.29) is 0 Å². The highest BCUT2D eigenvalue weighted by Gasteiger charge is 2.25. The molecule has 1 fully saturated rings. The molecule has 0 saturated carbocycles. The van der Waals surface area contributed by atoms with Crippen LogP contribution >= 0.6 is 0 Å². The van der Waals surface area contributed by atoms with Crippen molar-refractivity contribution >= 4 is 11.9 Å². The van der Waals surface area contributed by atoms with Gasteiger partial charge in [-0.2, -0.15) is 15.0 Å². The first-order valence-corrected chi connectivity index (χ1v) is 7.53. The minimum atomic E-state index is 0.402. The molecule has 0 spiro atoms. The highest BCUT2D eigenvalue weighted by molar-refractivity contribution is 5.39. The van der Waals surface area contributed by atoms with Crippen molar-refractivity contribution < 1.29 is 4.74 Å². The van der Waals surface area contributed by atoms with Crippen LogP contribution in [0.4, 0.5) is 11.9 Å². The molecule has 2 unspecified atom stereocenters. The summed E-state index contributed by atoms with van der Waals surface area (Å²) in [6.45, 7) is 10.8. The fraction of sp³-hybridized carbons (Fsp3) is 0.786. The van der Waals surface area contributed by atoms with Crippen LogP contribution in [-0.4, -0.2) is 40.7 Å². The Labute approximate surface area is 121 Å². The largest absolute Gasteiger partial charge is 0.464 e. The molecule has 2 rings (SSSR count). The number of hydrogen-bond acceptors (Lipinski definition) is 6. The molecule has 2 heterocycles. The van der Waals surface area contributed by atoms with Crippen LogP contribution in [-0.2, 0) is 0 Å². The second-order valence-electron chi connectivity index (χ2n) is 5.38. The number of rotatable bonds is 5. The van der Waals surface area contributed by atoms with Gasteiger partial charge in [-0.25, -0.2) is 0 Å². The van der Waals surface area contributed by atoms with Crippen molar-refractivity contribution in [1.82, 2.24) is 15.0 Å². The first kappa shape index (κ1) is 14.8. The third kappa shape index (κ3) is 3.49. The van der Waals surface area contributed by atoms with E-state index in [1.807, 2.05) is 13.8 Å². The Bertz CT molecular complexity index is 415. The standard InChI is InChI=1S/C14H25N5O/c1-5-15-12-16-13(18-14(17-12)20-6-2)19-8-7-10(3)9-11(19)4/h10-11H,5-9H2,1-4H3,(H,15,16,17,18). The number of ether oxygens (including phenoxy) is 1. The molecule has 0 bridgehead atoms. The molecular formula is C14H25N5O. The van der Waals surface area contributed by atoms with Gasteiger partial charge >= 0.3 is 6.01 Å². The van der Waals surface area contributed by atoms with Crippen LogP contribution in [0.25, 0.3) is 0 Å². The van der Waals surface area contributed by atoms with Gasteiger partial charge in [0.25, 0.3) is 0 Å². The number of nitrogens with one attached hydrogen (secondary N) is 1. The van der Waals surface area contributed by atoms with Gasteiger partial charge in [0.15, 0.2) is 0 Å². The van der Waals surface area contributed by atoms with Crippen LogP contribution in [0.5, 0.6) is 6.01 Å². The Morgan fingerprint density at radius 3 is 2.70 bits per heavy atom. The Hall–Kier alpha value is -1.59. The van der Waals surface area contributed by atoms with E-state index in [9.17, 15) is 0 Å². The van der Waals surface area contributed by atoms with Gasteiger partial charge < -0.3 is 15.0 Å². The van der Waals surface area contributed by atoms with Crippen molar-refractivity contribution in [3.63, 3.8) is 0 Å². The number of anilines is 2. The van der Waals surface area contributed by atoms with E-state index in [2.05, 4.69) is 39.0 Å². The summed E-state index contributed by atoms with van der Waals surface area (Å²) in [6.07, 6.45) is 2.35. The summed E-state index contributed by atoms with van der Waals surface area (Å²) in [5.74, 6) is 2.08. The van der Waals surface area contributed by atoms with E-state index in [0.717, 1.165) is 25.0 Å². The lowest BCUT2D eigenvalue weighted by molar-refractivity contribution is 0.310. The second kappa shape index (κ2) is 6.72. The third-order valence-corrected chi connectivity index (χ3v) is 3.61. The highest BCUT2D eigenvalue weighted by atomic mass is 16.5. The van der Waals surface area contributed by atoms with E-state index >= 15 is 0 Å². The van der Waals surface area contributed by atoms with Crippen molar-refractivity contribution in [1.29, 1.82) is 0 Å². The van der Waals surface area contributed by atoms with Gasteiger partial charge in [0.2, 0.25) is 11.9 Å². The molecule has 0 aliphatic carbocycles. The third-order valence-electron chi connectivity index (χ3n) is 3.61. The molecule has 1 saturated heterocycles. The van der Waals surface area contributed by atoms with Gasteiger partial charge in [-0.1, -0.05) is 6.92 Å². The summed E-state index contributed by atoms with van der Waals surface area (Å²) in [5.41, 5.74) is 0. The smallest absolute Gasteiger partial charge is 0.323 e. The van der Waals surface area contributed by atoms with Crippen LogP contribution in [0.3, 0.4) is 0 Å². The lowest BCUT2D eigenvalue weighted by Gasteiger charge is -2.36. The fourth-order valence-corrected chi connectivity index (χ4v) is 2.61. The van der Waals surface area contributed by atoms with Gasteiger partial charge in [-0.3, -0.25) is 0 Å². The van der Waals surface area contributed by atoms with E-state index in [1.54, 1.807) is 0 Å². The van der Waals surface area contributed by atoms with E-state index in [1.165, 1.54) is 12.8 Å². The maximum absolute atomic E-state index is 5.45. The number of hydrogen-bond donors (Lipinski definition) is 1. The van der Waals surface area contributed by atoms with Gasteiger partial charge in [-0.15, -0.1) is 0 Å². The quantitative estimate of drug-likeness (QED) is 0.892. The van der Waals surface area contributed by atoms with Crippen LogP contribution in [0.1, 0.15) is 40.5 Å². The molecule has 6 heteroatoms. The van der Waals surface area contributed by atoms with Gasteiger partial charge in [0, 0.05) is 19.1 Å². The van der Waals surface area contributed by atoms with E-state index in [4.69, 9.17) is 4.74 Å². The van der Waals surface area contributed by atoms with Crippen molar-refractivity contribution in [2.24, 2.45) is 5.92 Å². The Morgan fingerprint density at radius 2 is 2.05 bits per heavy atom. The predicted molar refractivity (Wildman–Crippen MR) is 80.4 cm³/mol. The van der Waals surface area contributed by atoms with Crippen LogP contribution in [0, 0.1) is 5.92 Å². The molecule has 0 amide bonds. The number of aromatic nitrogens is 3. The molecule has 0 aromatic carbocycles. The summed E-state index contributed by atoms with van der Waals surface area (Å²) >= 11 is 0. The van der Waals surface area contributed by atoms with E-state index in [0.29, 0.717) is 24.6 Å². The van der Waals surface area contributed by atoms with Crippen molar-refractivity contribution in [3.8, 4) is 6.01 Å². The number of piperidine rings is 1. The zero-order valence-corrected chi connectivity index (χ0v) is 12.9. The summed E-state index contributed by atoms with van der Waals surface area (Å²) in [6, 6.07) is 0.851. The average Bonchev–Trinajstić information content (AvgIpc) is 2.39. The van der Waals surface area contributed by atoms with Crippen LogP contribution < -0.4 is 15.0 Å². The van der Waals surface area contributed by atoms with Crippen molar-refractivity contribution in [2.75, 3.05) is 29.9 Å². The monoisotopic (exact) mass is 279 g/mol. The molecule has 1 aliphatic rings. The van der Waals surface area contributed by atoms with Gasteiger partial charge in [0.1, 0.15) is 0 Å². The van der Waals surface area contributed by atoms with Crippen LogP contribution in [0.2, 0.25) is 0 Å².